The highest BCUT2D eigenvalue weighted by atomic mass is 16.4. The standard InChI is InChI=1S/C15H20N2O4/c1-9-5-6-11(10(2)7-9)16-14(21)17-12(18)8-15(3,4)13(19)20/h5-7H,8H2,1-4H3,(H,19,20)(H2,16,17,18,21). The summed E-state index contributed by atoms with van der Waals surface area (Å²) in [7, 11) is 0. The molecule has 0 aliphatic heterocycles. The number of aliphatic carboxylic acids is 1. The lowest BCUT2D eigenvalue weighted by molar-refractivity contribution is -0.149. The van der Waals surface area contributed by atoms with Crippen molar-refractivity contribution in [2.75, 3.05) is 5.32 Å². The fraction of sp³-hybridized carbons (Fsp3) is 0.400. The molecule has 0 bridgehead atoms. The van der Waals surface area contributed by atoms with Gasteiger partial charge in [-0.1, -0.05) is 17.7 Å². The van der Waals surface area contributed by atoms with Crippen molar-refractivity contribution in [1.29, 1.82) is 0 Å². The Kier molecular flexibility index (Phi) is 5.07. The Morgan fingerprint density at radius 2 is 1.81 bits per heavy atom. The zero-order valence-corrected chi connectivity index (χ0v) is 12.6. The number of amides is 3. The summed E-state index contributed by atoms with van der Waals surface area (Å²) < 4.78 is 0. The fourth-order valence-corrected chi connectivity index (χ4v) is 1.76. The fourth-order valence-electron chi connectivity index (χ4n) is 1.76. The molecule has 1 aromatic carbocycles. The Hall–Kier alpha value is -2.37. The molecular formula is C15H20N2O4. The number of hydrogen-bond acceptors (Lipinski definition) is 3. The first-order valence-electron chi connectivity index (χ1n) is 6.53. The highest BCUT2D eigenvalue weighted by Crippen LogP contribution is 2.20. The normalized spacial score (nSPS) is 10.9. The van der Waals surface area contributed by atoms with Crippen molar-refractivity contribution in [2.45, 2.75) is 34.1 Å². The number of imide groups is 1. The molecule has 114 valence electrons. The summed E-state index contributed by atoms with van der Waals surface area (Å²) in [6.07, 6.45) is -0.275. The van der Waals surface area contributed by atoms with E-state index in [4.69, 9.17) is 5.11 Å². The first kappa shape index (κ1) is 16.7. The van der Waals surface area contributed by atoms with Crippen LogP contribution in [0.4, 0.5) is 10.5 Å². The van der Waals surface area contributed by atoms with Gasteiger partial charge in [0.25, 0.3) is 0 Å². The smallest absolute Gasteiger partial charge is 0.325 e. The third kappa shape index (κ3) is 4.91. The molecule has 0 fully saturated rings. The maximum Gasteiger partial charge on any atom is 0.325 e. The summed E-state index contributed by atoms with van der Waals surface area (Å²) in [6.45, 7) is 6.64. The third-order valence-corrected chi connectivity index (χ3v) is 3.06. The van der Waals surface area contributed by atoms with Crippen molar-refractivity contribution in [3.05, 3.63) is 29.3 Å². The van der Waals surface area contributed by atoms with E-state index in [0.29, 0.717) is 5.69 Å². The van der Waals surface area contributed by atoms with Crippen LogP contribution in [0.25, 0.3) is 0 Å². The van der Waals surface area contributed by atoms with Crippen LogP contribution < -0.4 is 10.6 Å². The number of carboxylic acid groups (broad SMARTS) is 1. The Bertz CT molecular complexity index is 579. The van der Waals surface area contributed by atoms with Gasteiger partial charge in [-0.3, -0.25) is 14.9 Å². The molecule has 0 aliphatic rings. The molecule has 0 saturated heterocycles. The maximum atomic E-state index is 11.7. The van der Waals surface area contributed by atoms with Gasteiger partial charge in [0.1, 0.15) is 0 Å². The molecule has 1 rings (SSSR count). The molecule has 0 atom stereocenters. The number of anilines is 1. The van der Waals surface area contributed by atoms with Crippen LogP contribution in [0.15, 0.2) is 18.2 Å². The van der Waals surface area contributed by atoms with Crippen molar-refractivity contribution in [1.82, 2.24) is 5.32 Å². The van der Waals surface area contributed by atoms with Crippen molar-refractivity contribution in [3.63, 3.8) is 0 Å². The van der Waals surface area contributed by atoms with E-state index >= 15 is 0 Å². The van der Waals surface area contributed by atoms with Crippen LogP contribution in [-0.4, -0.2) is 23.0 Å². The molecule has 0 aromatic heterocycles. The van der Waals surface area contributed by atoms with Crippen LogP contribution in [-0.2, 0) is 9.59 Å². The zero-order chi connectivity index (χ0) is 16.2. The molecule has 3 N–H and O–H groups in total. The molecule has 0 radical (unpaired) electrons. The number of rotatable bonds is 4. The minimum absolute atomic E-state index is 0.275. The summed E-state index contributed by atoms with van der Waals surface area (Å²) in [6, 6.07) is 4.83. The summed E-state index contributed by atoms with van der Waals surface area (Å²) >= 11 is 0. The second-order valence-electron chi connectivity index (χ2n) is 5.69. The van der Waals surface area contributed by atoms with Gasteiger partial charge in [0.15, 0.2) is 0 Å². The molecule has 0 saturated carbocycles. The van der Waals surface area contributed by atoms with Gasteiger partial charge in [-0.2, -0.15) is 0 Å². The van der Waals surface area contributed by atoms with Crippen molar-refractivity contribution >= 4 is 23.6 Å². The lowest BCUT2D eigenvalue weighted by Crippen LogP contribution is -2.38. The van der Waals surface area contributed by atoms with E-state index in [2.05, 4.69) is 10.6 Å². The summed E-state index contributed by atoms with van der Waals surface area (Å²) in [4.78, 5) is 34.3. The van der Waals surface area contributed by atoms with Gasteiger partial charge in [-0.15, -0.1) is 0 Å². The number of carboxylic acids is 1. The molecule has 0 unspecified atom stereocenters. The Labute approximate surface area is 123 Å². The maximum absolute atomic E-state index is 11.7. The van der Waals surface area contributed by atoms with Gasteiger partial charge < -0.3 is 10.4 Å². The second kappa shape index (κ2) is 6.39. The first-order chi connectivity index (χ1) is 9.61. The monoisotopic (exact) mass is 292 g/mol. The Balaban J connectivity index is 2.61. The number of hydrogen-bond donors (Lipinski definition) is 3. The van der Waals surface area contributed by atoms with Crippen molar-refractivity contribution < 1.29 is 19.5 Å². The number of benzene rings is 1. The van der Waals surface area contributed by atoms with Gasteiger partial charge in [0, 0.05) is 12.1 Å². The average Bonchev–Trinajstić information content (AvgIpc) is 2.31. The number of aryl methyl sites for hydroxylation is 2. The van der Waals surface area contributed by atoms with E-state index in [0.717, 1.165) is 11.1 Å². The molecule has 6 nitrogen and oxygen atoms in total. The van der Waals surface area contributed by atoms with E-state index in [1.54, 1.807) is 6.07 Å². The largest absolute Gasteiger partial charge is 0.481 e. The van der Waals surface area contributed by atoms with Crippen LogP contribution in [0.5, 0.6) is 0 Å². The van der Waals surface area contributed by atoms with Crippen LogP contribution in [0.2, 0.25) is 0 Å². The summed E-state index contributed by atoms with van der Waals surface area (Å²) in [5.41, 5.74) is 1.33. The summed E-state index contributed by atoms with van der Waals surface area (Å²) in [5, 5.41) is 13.6. The van der Waals surface area contributed by atoms with Crippen molar-refractivity contribution in [2.24, 2.45) is 5.41 Å². The molecule has 0 aliphatic carbocycles. The number of urea groups is 1. The molecule has 1 aromatic rings. The van der Waals surface area contributed by atoms with Crippen LogP contribution >= 0.6 is 0 Å². The minimum Gasteiger partial charge on any atom is -0.481 e. The van der Waals surface area contributed by atoms with Gasteiger partial charge in [0.05, 0.1) is 5.41 Å². The lowest BCUT2D eigenvalue weighted by Gasteiger charge is -2.18. The third-order valence-electron chi connectivity index (χ3n) is 3.06. The average molecular weight is 292 g/mol. The number of nitrogens with one attached hydrogen (secondary N) is 2. The molecule has 3 amide bonds. The van der Waals surface area contributed by atoms with Gasteiger partial charge in [0.2, 0.25) is 5.91 Å². The SMILES string of the molecule is Cc1ccc(NC(=O)NC(=O)CC(C)(C)C(=O)O)c(C)c1. The second-order valence-corrected chi connectivity index (χ2v) is 5.69. The van der Waals surface area contributed by atoms with Crippen molar-refractivity contribution in [3.8, 4) is 0 Å². The quantitative estimate of drug-likeness (QED) is 0.794. The molecule has 21 heavy (non-hydrogen) atoms. The van der Waals surface area contributed by atoms with Crippen LogP contribution in [0, 0.1) is 19.3 Å². The van der Waals surface area contributed by atoms with Gasteiger partial charge in [-0.05, 0) is 39.3 Å². The zero-order valence-electron chi connectivity index (χ0n) is 12.6. The van der Waals surface area contributed by atoms with Crippen LogP contribution in [0.1, 0.15) is 31.4 Å². The summed E-state index contributed by atoms with van der Waals surface area (Å²) in [5.74, 6) is -1.72. The topological polar surface area (TPSA) is 95.5 Å². The van der Waals surface area contributed by atoms with E-state index in [1.807, 2.05) is 26.0 Å². The molecular weight excluding hydrogens is 272 g/mol. The number of carbonyl (C=O) groups excluding carboxylic acids is 2. The lowest BCUT2D eigenvalue weighted by atomic mass is 9.89. The number of carbonyl (C=O) groups is 3. The molecule has 6 heteroatoms. The predicted molar refractivity (Wildman–Crippen MR) is 79.1 cm³/mol. The van der Waals surface area contributed by atoms with Crippen LogP contribution in [0.3, 0.4) is 0 Å². The van der Waals surface area contributed by atoms with Gasteiger partial charge >= 0.3 is 12.0 Å². The van der Waals surface area contributed by atoms with E-state index in [-0.39, 0.29) is 6.42 Å². The Morgan fingerprint density at radius 3 is 2.33 bits per heavy atom. The minimum atomic E-state index is -1.22. The highest BCUT2D eigenvalue weighted by Gasteiger charge is 2.30. The first-order valence-corrected chi connectivity index (χ1v) is 6.53. The molecule has 0 spiro atoms. The highest BCUT2D eigenvalue weighted by molar-refractivity contribution is 6.02. The molecule has 0 heterocycles. The Morgan fingerprint density at radius 1 is 1.19 bits per heavy atom. The van der Waals surface area contributed by atoms with Gasteiger partial charge in [-0.25, -0.2) is 4.79 Å². The van der Waals surface area contributed by atoms with E-state index in [1.165, 1.54) is 13.8 Å². The van der Waals surface area contributed by atoms with E-state index in [9.17, 15) is 14.4 Å². The predicted octanol–water partition coefficient (Wildman–Crippen LogP) is 2.45. The van der Waals surface area contributed by atoms with E-state index < -0.39 is 23.3 Å².